The summed E-state index contributed by atoms with van der Waals surface area (Å²) in [5.74, 6) is 0.452. The molecule has 0 aromatic carbocycles. The van der Waals surface area contributed by atoms with Crippen LogP contribution in [0.3, 0.4) is 0 Å². The quantitative estimate of drug-likeness (QED) is 0.677. The fraction of sp³-hybridized carbons (Fsp3) is 0.909. The number of nitrogens with one attached hydrogen (secondary N) is 1. The minimum atomic E-state index is 0.224. The Balaban J connectivity index is 3.84. The Bertz CT molecular complexity index is 143. The highest BCUT2D eigenvalue weighted by atomic mass is 16.1. The number of hydrogen-bond acceptors (Lipinski definition) is 1. The zero-order valence-electron chi connectivity index (χ0n) is 9.39. The van der Waals surface area contributed by atoms with E-state index < -0.39 is 0 Å². The van der Waals surface area contributed by atoms with Gasteiger partial charge in [0.1, 0.15) is 0 Å². The van der Waals surface area contributed by atoms with Crippen LogP contribution in [0.15, 0.2) is 0 Å². The largest absolute Gasteiger partial charge is 0.354 e. The lowest BCUT2D eigenvalue weighted by molar-refractivity contribution is -0.125. The van der Waals surface area contributed by atoms with E-state index in [1.54, 1.807) is 0 Å². The molecule has 2 heteroatoms. The molecule has 0 aliphatic heterocycles. The van der Waals surface area contributed by atoms with Gasteiger partial charge in [0, 0.05) is 12.0 Å². The molecule has 1 N–H and O–H groups in total. The number of amides is 1. The van der Waals surface area contributed by atoms with Gasteiger partial charge in [-0.05, 0) is 26.7 Å². The maximum atomic E-state index is 11.6. The molecule has 13 heavy (non-hydrogen) atoms. The summed E-state index contributed by atoms with van der Waals surface area (Å²) in [6.45, 7) is 8.25. The van der Waals surface area contributed by atoms with E-state index in [0.717, 1.165) is 19.3 Å². The topological polar surface area (TPSA) is 29.1 Å². The molecule has 0 heterocycles. The first-order valence-corrected chi connectivity index (χ1v) is 5.42. The number of carbonyl (C=O) groups excluding carboxylic acids is 1. The second-order valence-electron chi connectivity index (χ2n) is 3.91. The van der Waals surface area contributed by atoms with E-state index in [-0.39, 0.29) is 17.9 Å². The van der Waals surface area contributed by atoms with Gasteiger partial charge in [-0.3, -0.25) is 4.79 Å². The Labute approximate surface area is 82.1 Å². The van der Waals surface area contributed by atoms with Gasteiger partial charge < -0.3 is 5.32 Å². The summed E-state index contributed by atoms with van der Waals surface area (Å²) in [4.78, 5) is 11.6. The molecule has 0 aliphatic carbocycles. The first kappa shape index (κ1) is 12.5. The van der Waals surface area contributed by atoms with E-state index in [0.29, 0.717) is 0 Å². The first-order valence-electron chi connectivity index (χ1n) is 5.42. The highest BCUT2D eigenvalue weighted by Gasteiger charge is 2.15. The molecule has 1 unspecified atom stereocenters. The lowest BCUT2D eigenvalue weighted by Crippen LogP contribution is -2.35. The molecule has 1 amide bonds. The van der Waals surface area contributed by atoms with Crippen molar-refractivity contribution in [2.24, 2.45) is 5.92 Å². The molecule has 0 radical (unpaired) electrons. The van der Waals surface area contributed by atoms with Gasteiger partial charge in [-0.1, -0.05) is 26.7 Å². The van der Waals surface area contributed by atoms with Gasteiger partial charge in [0.25, 0.3) is 0 Å². The van der Waals surface area contributed by atoms with Crippen molar-refractivity contribution >= 4 is 5.91 Å². The first-order chi connectivity index (χ1) is 6.11. The Morgan fingerprint density at radius 2 is 1.92 bits per heavy atom. The second-order valence-corrected chi connectivity index (χ2v) is 3.91. The van der Waals surface area contributed by atoms with Crippen LogP contribution in [0.5, 0.6) is 0 Å². The highest BCUT2D eigenvalue weighted by Crippen LogP contribution is 2.12. The average molecular weight is 185 g/mol. The van der Waals surface area contributed by atoms with Crippen LogP contribution in [0.2, 0.25) is 0 Å². The van der Waals surface area contributed by atoms with Crippen LogP contribution in [0.1, 0.15) is 53.4 Å². The average Bonchev–Trinajstić information content (AvgIpc) is 2.04. The van der Waals surface area contributed by atoms with Crippen molar-refractivity contribution in [1.29, 1.82) is 0 Å². The van der Waals surface area contributed by atoms with Crippen LogP contribution in [0, 0.1) is 5.92 Å². The van der Waals surface area contributed by atoms with Gasteiger partial charge in [-0.25, -0.2) is 0 Å². The Kier molecular flexibility index (Phi) is 6.65. The molecule has 0 saturated heterocycles. The molecule has 2 nitrogen and oxygen atoms in total. The van der Waals surface area contributed by atoms with Crippen LogP contribution < -0.4 is 5.32 Å². The predicted octanol–water partition coefficient (Wildman–Crippen LogP) is 2.73. The summed E-state index contributed by atoms with van der Waals surface area (Å²) < 4.78 is 0. The van der Waals surface area contributed by atoms with Crippen LogP contribution in [0.4, 0.5) is 0 Å². The van der Waals surface area contributed by atoms with Gasteiger partial charge in [0.05, 0.1) is 0 Å². The number of unbranched alkanes of at least 4 members (excludes halogenated alkanes) is 1. The van der Waals surface area contributed by atoms with Crippen molar-refractivity contribution in [3.05, 3.63) is 0 Å². The smallest absolute Gasteiger partial charge is 0.223 e. The monoisotopic (exact) mass is 185 g/mol. The van der Waals surface area contributed by atoms with Gasteiger partial charge in [-0.2, -0.15) is 0 Å². The fourth-order valence-electron chi connectivity index (χ4n) is 1.37. The van der Waals surface area contributed by atoms with Crippen LogP contribution in [-0.2, 0) is 4.79 Å². The molecule has 78 valence electrons. The summed E-state index contributed by atoms with van der Waals surface area (Å²) in [6.07, 6.45) is 4.32. The van der Waals surface area contributed by atoms with Gasteiger partial charge in [-0.15, -0.1) is 0 Å². The molecular formula is C11H23NO. The molecule has 0 fully saturated rings. The van der Waals surface area contributed by atoms with Crippen molar-refractivity contribution < 1.29 is 4.79 Å². The Morgan fingerprint density at radius 3 is 2.31 bits per heavy atom. The molecular weight excluding hydrogens is 162 g/mol. The molecule has 0 saturated carbocycles. The number of carbonyl (C=O) groups is 1. The molecule has 0 aromatic heterocycles. The molecule has 0 spiro atoms. The summed E-state index contributed by atoms with van der Waals surface area (Å²) in [6, 6.07) is 0.267. The molecule has 0 aromatic rings. The summed E-state index contributed by atoms with van der Waals surface area (Å²) in [5.41, 5.74) is 0. The van der Waals surface area contributed by atoms with E-state index in [1.807, 2.05) is 13.8 Å². The van der Waals surface area contributed by atoms with Crippen LogP contribution >= 0.6 is 0 Å². The lowest BCUT2D eigenvalue weighted by Gasteiger charge is -2.16. The van der Waals surface area contributed by atoms with Crippen LogP contribution in [0.25, 0.3) is 0 Å². The Morgan fingerprint density at radius 1 is 1.31 bits per heavy atom. The van der Waals surface area contributed by atoms with Crippen molar-refractivity contribution in [2.75, 3.05) is 0 Å². The SMILES string of the molecule is CCCCC(CC)C(=O)NC(C)C. The van der Waals surface area contributed by atoms with Gasteiger partial charge in [0.2, 0.25) is 5.91 Å². The zero-order valence-corrected chi connectivity index (χ0v) is 9.39. The van der Waals surface area contributed by atoms with Crippen molar-refractivity contribution in [3.63, 3.8) is 0 Å². The Hall–Kier alpha value is -0.530. The van der Waals surface area contributed by atoms with E-state index in [1.165, 1.54) is 6.42 Å². The number of hydrogen-bond donors (Lipinski definition) is 1. The minimum Gasteiger partial charge on any atom is -0.354 e. The molecule has 0 aliphatic rings. The maximum Gasteiger partial charge on any atom is 0.223 e. The van der Waals surface area contributed by atoms with Gasteiger partial charge >= 0.3 is 0 Å². The summed E-state index contributed by atoms with van der Waals surface area (Å²) in [7, 11) is 0. The molecule has 1 atom stereocenters. The third-order valence-corrected chi connectivity index (χ3v) is 2.20. The fourth-order valence-corrected chi connectivity index (χ4v) is 1.37. The maximum absolute atomic E-state index is 11.6. The second kappa shape index (κ2) is 6.93. The van der Waals surface area contributed by atoms with Crippen LogP contribution in [-0.4, -0.2) is 11.9 Å². The predicted molar refractivity (Wildman–Crippen MR) is 56.6 cm³/mol. The lowest BCUT2D eigenvalue weighted by atomic mass is 9.98. The normalized spacial score (nSPS) is 13.0. The zero-order chi connectivity index (χ0) is 10.3. The summed E-state index contributed by atoms with van der Waals surface area (Å²) in [5, 5.41) is 2.96. The van der Waals surface area contributed by atoms with E-state index >= 15 is 0 Å². The van der Waals surface area contributed by atoms with Crippen molar-refractivity contribution in [3.8, 4) is 0 Å². The minimum absolute atomic E-state index is 0.224. The third kappa shape index (κ3) is 5.67. The third-order valence-electron chi connectivity index (χ3n) is 2.20. The van der Waals surface area contributed by atoms with Crippen molar-refractivity contribution in [1.82, 2.24) is 5.32 Å². The standard InChI is InChI=1S/C11H23NO/c1-5-7-8-10(6-2)11(13)12-9(3)4/h9-10H,5-8H2,1-4H3,(H,12,13). The van der Waals surface area contributed by atoms with Crippen molar-refractivity contribution in [2.45, 2.75) is 59.4 Å². The highest BCUT2D eigenvalue weighted by molar-refractivity contribution is 5.78. The molecule has 0 rings (SSSR count). The van der Waals surface area contributed by atoms with E-state index in [9.17, 15) is 4.79 Å². The molecule has 0 bridgehead atoms. The van der Waals surface area contributed by atoms with E-state index in [4.69, 9.17) is 0 Å². The van der Waals surface area contributed by atoms with E-state index in [2.05, 4.69) is 19.2 Å². The number of rotatable bonds is 6. The summed E-state index contributed by atoms with van der Waals surface area (Å²) >= 11 is 0. The van der Waals surface area contributed by atoms with Gasteiger partial charge in [0.15, 0.2) is 0 Å².